The van der Waals surface area contributed by atoms with Gasteiger partial charge in [-0.2, -0.15) is 0 Å². The van der Waals surface area contributed by atoms with Gasteiger partial charge in [-0.3, -0.25) is 9.36 Å². The molecule has 0 radical (unpaired) electrons. The number of nitrogens with zero attached hydrogens (tertiary/aromatic N) is 2. The molecule has 0 saturated carbocycles. The van der Waals surface area contributed by atoms with Crippen molar-refractivity contribution in [3.63, 3.8) is 0 Å². The van der Waals surface area contributed by atoms with Crippen LogP contribution in [0.5, 0.6) is 0 Å². The first-order chi connectivity index (χ1) is 17.8. The van der Waals surface area contributed by atoms with E-state index in [1.54, 1.807) is 38.1 Å². The third-order valence-electron chi connectivity index (χ3n) is 5.99. The predicted octanol–water partition coefficient (Wildman–Crippen LogP) is 5.27. The Labute approximate surface area is 224 Å². The summed E-state index contributed by atoms with van der Waals surface area (Å²) in [6.45, 7) is 5.60. The van der Waals surface area contributed by atoms with E-state index < -0.39 is 17.8 Å². The summed E-state index contributed by atoms with van der Waals surface area (Å²) < 4.78 is 27.8. The Morgan fingerprint density at radius 1 is 1.19 bits per heavy atom. The van der Waals surface area contributed by atoms with Gasteiger partial charge in [0.25, 0.3) is 5.56 Å². The molecule has 1 atom stereocenters. The number of rotatable bonds is 5. The molecular weight excluding hydrogens is 559 g/mol. The van der Waals surface area contributed by atoms with Gasteiger partial charge in [0.2, 0.25) is 0 Å². The number of furan rings is 1. The quantitative estimate of drug-likeness (QED) is 0.301. The monoisotopic (exact) mass is 580 g/mol. The second kappa shape index (κ2) is 10.1. The highest BCUT2D eigenvalue weighted by atomic mass is 79.9. The van der Waals surface area contributed by atoms with Crippen molar-refractivity contribution >= 4 is 39.3 Å². The summed E-state index contributed by atoms with van der Waals surface area (Å²) >= 11 is 4.78. The van der Waals surface area contributed by atoms with E-state index in [9.17, 15) is 14.0 Å². The lowest BCUT2D eigenvalue weighted by Crippen LogP contribution is -2.39. The van der Waals surface area contributed by atoms with Crippen molar-refractivity contribution in [1.29, 1.82) is 0 Å². The number of hydrogen-bond donors (Lipinski definition) is 0. The van der Waals surface area contributed by atoms with Gasteiger partial charge >= 0.3 is 5.97 Å². The molecular formula is C28H22BrFN2O4S. The second-order valence-corrected chi connectivity index (χ2v) is 10.4. The molecule has 0 N–H and O–H groups in total. The van der Waals surface area contributed by atoms with Crippen molar-refractivity contribution in [3.8, 4) is 11.3 Å². The van der Waals surface area contributed by atoms with E-state index in [0.717, 1.165) is 15.6 Å². The molecule has 4 aromatic rings. The summed E-state index contributed by atoms with van der Waals surface area (Å²) in [6, 6.07) is 14.6. The molecule has 188 valence electrons. The van der Waals surface area contributed by atoms with Crippen molar-refractivity contribution in [3.05, 3.63) is 113 Å². The minimum atomic E-state index is -0.797. The summed E-state index contributed by atoms with van der Waals surface area (Å²) in [4.78, 5) is 31.5. The first-order valence-electron chi connectivity index (χ1n) is 11.6. The van der Waals surface area contributed by atoms with Crippen LogP contribution in [-0.4, -0.2) is 17.1 Å². The number of aromatic nitrogens is 1. The molecule has 0 saturated heterocycles. The predicted molar refractivity (Wildman–Crippen MR) is 143 cm³/mol. The maximum Gasteiger partial charge on any atom is 0.338 e. The molecule has 0 unspecified atom stereocenters. The molecule has 0 bridgehead atoms. The number of carbonyl (C=O) groups is 1. The number of ether oxygens (including phenoxy) is 1. The first-order valence-corrected chi connectivity index (χ1v) is 13.2. The Bertz CT molecular complexity index is 1730. The average Bonchev–Trinajstić information content (AvgIpc) is 3.43. The molecule has 1 aliphatic rings. The van der Waals surface area contributed by atoms with Crippen LogP contribution in [0.2, 0.25) is 0 Å². The molecule has 9 heteroatoms. The Kier molecular flexibility index (Phi) is 6.83. The number of aryl methyl sites for hydroxylation is 1. The second-order valence-electron chi connectivity index (χ2n) is 8.54. The number of benzene rings is 2. The zero-order chi connectivity index (χ0) is 26.3. The summed E-state index contributed by atoms with van der Waals surface area (Å²) in [5.74, 6) is 0.193. The number of allylic oxidation sites excluding steroid dienone is 1. The molecule has 0 amide bonds. The molecule has 3 heterocycles. The maximum absolute atomic E-state index is 13.7. The normalized spacial score (nSPS) is 15.5. The summed E-state index contributed by atoms with van der Waals surface area (Å²) in [7, 11) is 0. The maximum atomic E-state index is 13.7. The highest BCUT2D eigenvalue weighted by Gasteiger charge is 2.33. The fraction of sp³-hybridized carbons (Fsp3) is 0.179. The van der Waals surface area contributed by atoms with Gasteiger partial charge in [0.1, 0.15) is 17.3 Å². The van der Waals surface area contributed by atoms with Crippen molar-refractivity contribution < 1.29 is 18.3 Å². The Hall–Kier alpha value is -3.56. The lowest BCUT2D eigenvalue weighted by atomic mass is 9.96. The third kappa shape index (κ3) is 4.76. The number of fused-ring (bicyclic) bond motifs is 1. The summed E-state index contributed by atoms with van der Waals surface area (Å²) in [5, 5.41) is 0. The van der Waals surface area contributed by atoms with Gasteiger partial charge in [-0.1, -0.05) is 45.5 Å². The van der Waals surface area contributed by atoms with Crippen LogP contribution in [0.25, 0.3) is 17.4 Å². The van der Waals surface area contributed by atoms with E-state index in [4.69, 9.17) is 9.15 Å². The molecule has 5 rings (SSSR count). The van der Waals surface area contributed by atoms with E-state index in [2.05, 4.69) is 20.9 Å². The highest BCUT2D eigenvalue weighted by Crippen LogP contribution is 2.32. The fourth-order valence-electron chi connectivity index (χ4n) is 4.28. The molecule has 6 nitrogen and oxygen atoms in total. The number of esters is 1. The van der Waals surface area contributed by atoms with Crippen molar-refractivity contribution in [2.24, 2.45) is 4.99 Å². The van der Waals surface area contributed by atoms with Crippen LogP contribution in [0.3, 0.4) is 0 Å². The van der Waals surface area contributed by atoms with Crippen molar-refractivity contribution in [2.45, 2.75) is 26.8 Å². The van der Waals surface area contributed by atoms with Crippen LogP contribution >= 0.6 is 27.3 Å². The minimum Gasteiger partial charge on any atom is -0.463 e. The highest BCUT2D eigenvalue weighted by molar-refractivity contribution is 9.10. The Morgan fingerprint density at radius 3 is 2.65 bits per heavy atom. The molecule has 0 fully saturated rings. The van der Waals surface area contributed by atoms with E-state index in [1.165, 1.54) is 28.0 Å². The lowest BCUT2D eigenvalue weighted by molar-refractivity contribution is -0.139. The van der Waals surface area contributed by atoms with Crippen LogP contribution in [0.1, 0.15) is 36.8 Å². The van der Waals surface area contributed by atoms with E-state index in [0.29, 0.717) is 32.1 Å². The fourth-order valence-corrected chi connectivity index (χ4v) is 5.99. The average molecular weight is 581 g/mol. The van der Waals surface area contributed by atoms with E-state index in [1.807, 2.05) is 31.2 Å². The molecule has 0 aliphatic carbocycles. The minimum absolute atomic E-state index is 0.175. The zero-order valence-corrected chi connectivity index (χ0v) is 22.7. The Morgan fingerprint density at radius 2 is 1.95 bits per heavy atom. The number of thiazole rings is 1. The number of halogens is 2. The Balaban J connectivity index is 1.63. The van der Waals surface area contributed by atoms with Gasteiger partial charge in [0.05, 0.1) is 28.5 Å². The van der Waals surface area contributed by atoms with E-state index in [-0.39, 0.29) is 17.7 Å². The van der Waals surface area contributed by atoms with E-state index >= 15 is 0 Å². The van der Waals surface area contributed by atoms with Crippen LogP contribution in [0, 0.1) is 12.7 Å². The molecule has 0 spiro atoms. The number of hydrogen-bond acceptors (Lipinski definition) is 6. The van der Waals surface area contributed by atoms with Crippen LogP contribution in [0.15, 0.2) is 84.5 Å². The zero-order valence-electron chi connectivity index (χ0n) is 20.2. The topological polar surface area (TPSA) is 73.8 Å². The molecule has 2 aromatic heterocycles. The lowest BCUT2D eigenvalue weighted by Gasteiger charge is -2.24. The largest absolute Gasteiger partial charge is 0.463 e. The van der Waals surface area contributed by atoms with Gasteiger partial charge in [-0.05, 0) is 68.3 Å². The van der Waals surface area contributed by atoms with Gasteiger partial charge in [-0.25, -0.2) is 14.2 Å². The van der Waals surface area contributed by atoms with Crippen molar-refractivity contribution in [2.75, 3.05) is 6.61 Å². The standard InChI is InChI=1S/C28H22BrFN2O4S/c1-4-35-27(34)24-16(3)31-28-32(25(24)17-6-8-18(30)9-7-17)26(33)23(37-28)14-19-10-12-22(36-19)20-11-5-15(2)13-21(20)29/h5-14,25H,4H2,1-3H3/b23-14-/t25-/m0/s1. The van der Waals surface area contributed by atoms with Crippen LogP contribution < -0.4 is 14.9 Å². The summed E-state index contributed by atoms with van der Waals surface area (Å²) in [5.41, 5.74) is 2.97. The van der Waals surface area contributed by atoms with Gasteiger partial charge in [-0.15, -0.1) is 0 Å². The van der Waals surface area contributed by atoms with Gasteiger partial charge < -0.3 is 9.15 Å². The molecule has 1 aliphatic heterocycles. The third-order valence-corrected chi connectivity index (χ3v) is 7.63. The number of carbonyl (C=O) groups excluding carboxylic acids is 1. The SMILES string of the molecule is CCOC(=O)C1=C(C)N=c2s/c(=C\c3ccc(-c4ccc(C)cc4Br)o3)c(=O)n2[C@H]1c1ccc(F)cc1. The summed E-state index contributed by atoms with van der Waals surface area (Å²) in [6.07, 6.45) is 1.67. The van der Waals surface area contributed by atoms with Crippen LogP contribution in [0.4, 0.5) is 4.39 Å². The van der Waals surface area contributed by atoms with Gasteiger partial charge in [0.15, 0.2) is 4.80 Å². The molecule has 37 heavy (non-hydrogen) atoms. The smallest absolute Gasteiger partial charge is 0.338 e. The van der Waals surface area contributed by atoms with Gasteiger partial charge in [0, 0.05) is 16.1 Å². The molecule has 2 aromatic carbocycles. The first kappa shape index (κ1) is 25.1. The van der Waals surface area contributed by atoms with Crippen LogP contribution in [-0.2, 0) is 9.53 Å². The van der Waals surface area contributed by atoms with Crippen molar-refractivity contribution in [1.82, 2.24) is 4.57 Å².